The second-order valence-electron chi connectivity index (χ2n) is 4.44. The van der Waals surface area contributed by atoms with Gasteiger partial charge in [-0.2, -0.15) is 0 Å². The van der Waals surface area contributed by atoms with Gasteiger partial charge in [-0.05, 0) is 37.5 Å². The topological polar surface area (TPSA) is 59.7 Å². The molecule has 1 heterocycles. The fourth-order valence-electron chi connectivity index (χ4n) is 1.89. The zero-order chi connectivity index (χ0) is 13.5. The number of unbranched alkanes of at least 4 members (excludes halogenated alkanes) is 3. The monoisotopic (exact) mass is 262 g/mol. The molecule has 0 amide bonds. The minimum absolute atomic E-state index is 0.255. The molecule has 1 aromatic carbocycles. The van der Waals surface area contributed by atoms with Crippen molar-refractivity contribution in [1.29, 1.82) is 0 Å². The maximum atomic E-state index is 11.1. The average Bonchev–Trinajstić information content (AvgIpc) is 2.42. The third kappa shape index (κ3) is 4.10. The van der Waals surface area contributed by atoms with Crippen LogP contribution >= 0.6 is 0 Å². The van der Waals surface area contributed by atoms with Gasteiger partial charge in [-0.3, -0.25) is 0 Å². The van der Waals surface area contributed by atoms with E-state index in [2.05, 4.69) is 0 Å². The molecule has 2 aromatic rings. The van der Waals surface area contributed by atoms with Crippen LogP contribution in [0.1, 0.15) is 25.7 Å². The van der Waals surface area contributed by atoms with Crippen LogP contribution in [-0.2, 0) is 0 Å². The van der Waals surface area contributed by atoms with Gasteiger partial charge in [0.05, 0.1) is 6.61 Å². The summed E-state index contributed by atoms with van der Waals surface area (Å²) in [4.78, 5) is 11.1. The number of aliphatic hydroxyl groups excluding tert-OH is 1. The number of hydrogen-bond acceptors (Lipinski definition) is 4. The van der Waals surface area contributed by atoms with E-state index in [-0.39, 0.29) is 12.2 Å². The van der Waals surface area contributed by atoms with Crippen molar-refractivity contribution in [3.63, 3.8) is 0 Å². The summed E-state index contributed by atoms with van der Waals surface area (Å²) in [5.74, 6) is 0.712. The standard InChI is InChI=1S/C15H18O4/c16-9-3-1-2-4-10-18-13-7-5-12-6-8-15(17)19-14(12)11-13/h5-8,11,16H,1-4,9-10H2. The van der Waals surface area contributed by atoms with E-state index >= 15 is 0 Å². The molecular formula is C15H18O4. The highest BCUT2D eigenvalue weighted by Crippen LogP contribution is 2.19. The summed E-state index contributed by atoms with van der Waals surface area (Å²) >= 11 is 0. The minimum Gasteiger partial charge on any atom is -0.493 e. The largest absolute Gasteiger partial charge is 0.493 e. The number of hydrogen-bond donors (Lipinski definition) is 1. The average molecular weight is 262 g/mol. The molecule has 0 fully saturated rings. The zero-order valence-electron chi connectivity index (χ0n) is 10.8. The van der Waals surface area contributed by atoms with Gasteiger partial charge in [0.15, 0.2) is 0 Å². The quantitative estimate of drug-likeness (QED) is 0.615. The molecule has 1 N–H and O–H groups in total. The van der Waals surface area contributed by atoms with Crippen molar-refractivity contribution in [3.05, 3.63) is 40.8 Å². The normalized spacial score (nSPS) is 10.8. The van der Waals surface area contributed by atoms with Crippen LogP contribution in [0.3, 0.4) is 0 Å². The van der Waals surface area contributed by atoms with E-state index in [0.29, 0.717) is 17.9 Å². The molecule has 0 unspecified atom stereocenters. The molecule has 0 spiro atoms. The highest BCUT2D eigenvalue weighted by atomic mass is 16.5. The summed E-state index contributed by atoms with van der Waals surface area (Å²) in [6, 6.07) is 8.63. The van der Waals surface area contributed by atoms with E-state index < -0.39 is 0 Å². The first-order chi connectivity index (χ1) is 9.29. The van der Waals surface area contributed by atoms with Gasteiger partial charge < -0.3 is 14.3 Å². The Balaban J connectivity index is 1.88. The van der Waals surface area contributed by atoms with E-state index in [1.165, 1.54) is 6.07 Å². The number of rotatable bonds is 7. The molecule has 0 aliphatic carbocycles. The smallest absolute Gasteiger partial charge is 0.336 e. The molecular weight excluding hydrogens is 244 g/mol. The number of benzene rings is 1. The molecule has 102 valence electrons. The first-order valence-electron chi connectivity index (χ1n) is 6.57. The molecule has 19 heavy (non-hydrogen) atoms. The Morgan fingerprint density at radius 3 is 2.68 bits per heavy atom. The first kappa shape index (κ1) is 13.6. The van der Waals surface area contributed by atoms with Crippen molar-refractivity contribution in [1.82, 2.24) is 0 Å². The van der Waals surface area contributed by atoms with E-state index in [9.17, 15) is 4.79 Å². The number of aliphatic hydroxyl groups is 1. The van der Waals surface area contributed by atoms with Crippen molar-refractivity contribution in [2.45, 2.75) is 25.7 Å². The number of fused-ring (bicyclic) bond motifs is 1. The van der Waals surface area contributed by atoms with Gasteiger partial charge >= 0.3 is 5.63 Å². The van der Waals surface area contributed by atoms with Crippen LogP contribution < -0.4 is 10.4 Å². The van der Waals surface area contributed by atoms with Crippen LogP contribution in [0, 0.1) is 0 Å². The Hall–Kier alpha value is -1.81. The Labute approximate surface area is 111 Å². The van der Waals surface area contributed by atoms with Crippen LogP contribution in [0.15, 0.2) is 39.5 Å². The summed E-state index contributed by atoms with van der Waals surface area (Å²) in [6.45, 7) is 0.887. The Kier molecular flexibility index (Phi) is 4.98. The molecule has 0 aliphatic heterocycles. The predicted octanol–water partition coefficient (Wildman–Crippen LogP) is 2.72. The molecule has 0 bridgehead atoms. The second kappa shape index (κ2) is 6.95. The zero-order valence-corrected chi connectivity index (χ0v) is 10.8. The second-order valence-corrected chi connectivity index (χ2v) is 4.44. The predicted molar refractivity (Wildman–Crippen MR) is 73.5 cm³/mol. The van der Waals surface area contributed by atoms with E-state index in [4.69, 9.17) is 14.3 Å². The van der Waals surface area contributed by atoms with Crippen LogP contribution in [0.25, 0.3) is 11.0 Å². The molecule has 0 saturated carbocycles. The minimum atomic E-state index is -0.353. The van der Waals surface area contributed by atoms with Crippen LogP contribution in [0.2, 0.25) is 0 Å². The first-order valence-corrected chi connectivity index (χ1v) is 6.57. The fraction of sp³-hybridized carbons (Fsp3) is 0.400. The molecule has 0 aliphatic rings. The lowest BCUT2D eigenvalue weighted by Crippen LogP contribution is -1.98. The fourth-order valence-corrected chi connectivity index (χ4v) is 1.89. The van der Waals surface area contributed by atoms with E-state index in [1.807, 2.05) is 12.1 Å². The van der Waals surface area contributed by atoms with Crippen molar-refractivity contribution in [3.8, 4) is 5.75 Å². The highest BCUT2D eigenvalue weighted by Gasteiger charge is 2.00. The molecule has 0 atom stereocenters. The molecule has 0 radical (unpaired) electrons. The lowest BCUT2D eigenvalue weighted by Gasteiger charge is -2.06. The lowest BCUT2D eigenvalue weighted by atomic mass is 10.2. The molecule has 0 saturated heterocycles. The maximum Gasteiger partial charge on any atom is 0.336 e. The van der Waals surface area contributed by atoms with E-state index in [0.717, 1.165) is 31.1 Å². The summed E-state index contributed by atoms with van der Waals surface area (Å²) in [6.07, 6.45) is 3.87. The third-order valence-electron chi connectivity index (χ3n) is 2.92. The van der Waals surface area contributed by atoms with Crippen molar-refractivity contribution in [2.24, 2.45) is 0 Å². The van der Waals surface area contributed by atoms with Gasteiger partial charge in [-0.1, -0.05) is 6.42 Å². The Morgan fingerprint density at radius 1 is 1.05 bits per heavy atom. The van der Waals surface area contributed by atoms with Crippen LogP contribution in [0.4, 0.5) is 0 Å². The summed E-state index contributed by atoms with van der Waals surface area (Å²) < 4.78 is 10.7. The number of ether oxygens (including phenoxy) is 1. The van der Waals surface area contributed by atoms with Crippen LogP contribution in [-0.4, -0.2) is 18.3 Å². The summed E-state index contributed by atoms with van der Waals surface area (Å²) in [5, 5.41) is 9.54. The highest BCUT2D eigenvalue weighted by molar-refractivity contribution is 5.77. The summed E-state index contributed by atoms with van der Waals surface area (Å²) in [5.41, 5.74) is 0.193. The molecule has 4 heteroatoms. The SMILES string of the molecule is O=c1ccc2ccc(OCCCCCCO)cc2o1. The van der Waals surface area contributed by atoms with Crippen molar-refractivity contribution >= 4 is 11.0 Å². The maximum absolute atomic E-state index is 11.1. The van der Waals surface area contributed by atoms with Crippen molar-refractivity contribution in [2.75, 3.05) is 13.2 Å². The Morgan fingerprint density at radius 2 is 1.84 bits per heavy atom. The van der Waals surface area contributed by atoms with Crippen LogP contribution in [0.5, 0.6) is 5.75 Å². The Bertz CT molecular complexity index is 574. The van der Waals surface area contributed by atoms with Gasteiger partial charge in [-0.25, -0.2) is 4.79 Å². The lowest BCUT2D eigenvalue weighted by molar-refractivity contribution is 0.273. The van der Waals surface area contributed by atoms with Gasteiger partial charge in [0, 0.05) is 24.1 Å². The summed E-state index contributed by atoms with van der Waals surface area (Å²) in [7, 11) is 0. The molecule has 2 rings (SSSR count). The third-order valence-corrected chi connectivity index (χ3v) is 2.92. The van der Waals surface area contributed by atoms with Crippen molar-refractivity contribution < 1.29 is 14.3 Å². The van der Waals surface area contributed by atoms with Gasteiger partial charge in [0.1, 0.15) is 11.3 Å². The van der Waals surface area contributed by atoms with Gasteiger partial charge in [-0.15, -0.1) is 0 Å². The van der Waals surface area contributed by atoms with E-state index in [1.54, 1.807) is 12.1 Å². The van der Waals surface area contributed by atoms with Gasteiger partial charge in [0.2, 0.25) is 0 Å². The van der Waals surface area contributed by atoms with Gasteiger partial charge in [0.25, 0.3) is 0 Å². The molecule has 1 aromatic heterocycles. The molecule has 4 nitrogen and oxygen atoms in total.